The number of aliphatic imine (C=N–C) groups is 1. The standard InChI is InChI=1S/C25H24BrN3OSi/c1-16-25-23(17(2)30)27-15-29(25)22-11-10-18(12-13-31(3,4)5)14-20(22)24(28-16)19-8-6-7-9-21(19)26/h6-11,14-16H,1-5H3/t16-/m1/s1. The molecule has 0 N–H and O–H groups in total. The van der Waals surface area contributed by atoms with Crippen molar-refractivity contribution in [1.29, 1.82) is 0 Å². The molecule has 2 heterocycles. The number of hydrogen-bond acceptors (Lipinski definition) is 3. The Morgan fingerprint density at radius 2 is 1.87 bits per heavy atom. The van der Waals surface area contributed by atoms with Crippen molar-refractivity contribution in [2.45, 2.75) is 39.5 Å². The smallest absolute Gasteiger partial charge is 0.180 e. The molecule has 1 aromatic heterocycles. The molecule has 31 heavy (non-hydrogen) atoms. The highest BCUT2D eigenvalue weighted by Crippen LogP contribution is 2.34. The van der Waals surface area contributed by atoms with E-state index >= 15 is 0 Å². The lowest BCUT2D eigenvalue weighted by molar-refractivity contribution is 0.101. The molecule has 1 aliphatic rings. The molecule has 0 amide bonds. The first-order valence-corrected chi connectivity index (χ1v) is 14.5. The van der Waals surface area contributed by atoms with Gasteiger partial charge in [0.25, 0.3) is 0 Å². The summed E-state index contributed by atoms with van der Waals surface area (Å²) in [5, 5.41) is 0. The summed E-state index contributed by atoms with van der Waals surface area (Å²) in [6.07, 6.45) is 1.73. The third kappa shape index (κ3) is 4.21. The summed E-state index contributed by atoms with van der Waals surface area (Å²) in [5.74, 6) is 3.31. The van der Waals surface area contributed by atoms with Crippen molar-refractivity contribution in [3.8, 4) is 17.2 Å². The Morgan fingerprint density at radius 3 is 2.55 bits per heavy atom. The van der Waals surface area contributed by atoms with Gasteiger partial charge >= 0.3 is 0 Å². The molecule has 156 valence electrons. The average Bonchev–Trinajstić information content (AvgIpc) is 3.11. The largest absolute Gasteiger partial charge is 0.300 e. The van der Waals surface area contributed by atoms with Crippen molar-refractivity contribution in [1.82, 2.24) is 9.55 Å². The topological polar surface area (TPSA) is 47.2 Å². The quantitative estimate of drug-likeness (QED) is 0.252. The molecule has 0 spiro atoms. The maximum atomic E-state index is 12.2. The van der Waals surface area contributed by atoms with Crippen LogP contribution in [0.2, 0.25) is 19.6 Å². The summed E-state index contributed by atoms with van der Waals surface area (Å²) in [5.41, 5.74) is 9.52. The third-order valence-corrected chi connectivity index (χ3v) is 6.64. The predicted molar refractivity (Wildman–Crippen MR) is 132 cm³/mol. The number of halogens is 1. The van der Waals surface area contributed by atoms with Crippen LogP contribution in [0.5, 0.6) is 0 Å². The molecular formula is C25H24BrN3OSi. The fourth-order valence-corrected chi connectivity index (χ4v) is 4.68. The lowest BCUT2D eigenvalue weighted by Gasteiger charge is -2.13. The van der Waals surface area contributed by atoms with Crippen LogP contribution in [0.3, 0.4) is 0 Å². The van der Waals surface area contributed by atoms with Gasteiger partial charge < -0.3 is 0 Å². The molecule has 0 saturated carbocycles. The van der Waals surface area contributed by atoms with Crippen molar-refractivity contribution in [2.24, 2.45) is 4.99 Å². The normalized spacial score (nSPS) is 15.2. The lowest BCUT2D eigenvalue weighted by Crippen LogP contribution is -2.16. The minimum absolute atomic E-state index is 0.0562. The van der Waals surface area contributed by atoms with E-state index < -0.39 is 8.07 Å². The van der Waals surface area contributed by atoms with E-state index in [1.165, 1.54) is 0 Å². The molecule has 0 bridgehead atoms. The summed E-state index contributed by atoms with van der Waals surface area (Å²) < 4.78 is 2.97. The van der Waals surface area contributed by atoms with Gasteiger partial charge in [0.15, 0.2) is 5.78 Å². The van der Waals surface area contributed by atoms with Crippen LogP contribution < -0.4 is 0 Å². The van der Waals surface area contributed by atoms with Gasteiger partial charge in [0, 0.05) is 28.1 Å². The number of hydrogen-bond donors (Lipinski definition) is 0. The molecule has 3 aromatic rings. The van der Waals surface area contributed by atoms with Crippen molar-refractivity contribution in [2.75, 3.05) is 0 Å². The summed E-state index contributed by atoms with van der Waals surface area (Å²) in [6.45, 7) is 10.3. The number of nitrogens with zero attached hydrogens (tertiary/aromatic N) is 3. The zero-order valence-corrected chi connectivity index (χ0v) is 20.9. The van der Waals surface area contributed by atoms with E-state index in [1.807, 2.05) is 35.8 Å². The van der Waals surface area contributed by atoms with Crippen LogP contribution in [0, 0.1) is 11.5 Å². The summed E-state index contributed by atoms with van der Waals surface area (Å²) in [7, 11) is -1.50. The second-order valence-corrected chi connectivity index (χ2v) is 14.4. The molecule has 1 atom stereocenters. The van der Waals surface area contributed by atoms with E-state index in [0.29, 0.717) is 5.69 Å². The van der Waals surface area contributed by atoms with E-state index in [0.717, 1.165) is 38.3 Å². The SMILES string of the molecule is CC(=O)c1ncn2c1[C@@H](C)N=C(c1ccccc1Br)c1cc(C#C[Si](C)(C)C)ccc1-2. The van der Waals surface area contributed by atoms with Gasteiger partial charge in [-0.1, -0.05) is 59.7 Å². The fourth-order valence-electron chi connectivity index (χ4n) is 3.69. The predicted octanol–water partition coefficient (Wildman–Crippen LogP) is 5.98. The summed E-state index contributed by atoms with van der Waals surface area (Å²) in [6, 6.07) is 14.1. The number of imidazole rings is 1. The second kappa shape index (κ2) is 8.06. The van der Waals surface area contributed by atoms with Gasteiger partial charge in [0.2, 0.25) is 0 Å². The zero-order chi connectivity index (χ0) is 22.3. The highest BCUT2D eigenvalue weighted by molar-refractivity contribution is 9.10. The number of rotatable bonds is 2. The van der Waals surface area contributed by atoms with Gasteiger partial charge in [0.05, 0.1) is 23.1 Å². The number of benzene rings is 2. The number of aromatic nitrogens is 2. The van der Waals surface area contributed by atoms with E-state index in [1.54, 1.807) is 13.3 Å². The van der Waals surface area contributed by atoms with Crippen molar-refractivity contribution in [3.05, 3.63) is 81.3 Å². The molecule has 2 aromatic carbocycles. The van der Waals surface area contributed by atoms with Crippen molar-refractivity contribution < 1.29 is 4.79 Å². The van der Waals surface area contributed by atoms with Gasteiger partial charge in [0.1, 0.15) is 20.1 Å². The molecular weight excluding hydrogens is 466 g/mol. The molecule has 4 rings (SSSR count). The van der Waals surface area contributed by atoms with Crippen LogP contribution >= 0.6 is 15.9 Å². The molecule has 6 heteroatoms. The van der Waals surface area contributed by atoms with E-state index in [2.05, 4.69) is 70.2 Å². The number of Topliss-reactive ketones (excluding diaryl/α,β-unsaturated/α-hetero) is 1. The van der Waals surface area contributed by atoms with Gasteiger partial charge in [-0.2, -0.15) is 0 Å². The maximum Gasteiger partial charge on any atom is 0.180 e. The summed E-state index contributed by atoms with van der Waals surface area (Å²) in [4.78, 5) is 21.7. The van der Waals surface area contributed by atoms with Gasteiger partial charge in [-0.25, -0.2) is 4.98 Å². The Hall–Kier alpha value is -2.75. The van der Waals surface area contributed by atoms with Gasteiger partial charge in [-0.05, 0) is 31.2 Å². The van der Waals surface area contributed by atoms with Crippen LogP contribution in [0.25, 0.3) is 5.69 Å². The number of carbonyl (C=O) groups excluding carboxylic acids is 1. The first-order chi connectivity index (χ1) is 14.7. The second-order valence-electron chi connectivity index (χ2n) is 8.77. The van der Waals surface area contributed by atoms with Crippen LogP contribution in [-0.4, -0.2) is 29.1 Å². The Morgan fingerprint density at radius 1 is 1.13 bits per heavy atom. The number of carbonyl (C=O) groups is 1. The van der Waals surface area contributed by atoms with Crippen molar-refractivity contribution >= 4 is 35.5 Å². The van der Waals surface area contributed by atoms with Gasteiger partial charge in [-0.15, -0.1) is 5.54 Å². The Balaban J connectivity index is 2.02. The first-order valence-electron chi connectivity index (χ1n) is 10.2. The Bertz CT molecular complexity index is 1290. The molecule has 0 fully saturated rings. The highest BCUT2D eigenvalue weighted by Gasteiger charge is 2.28. The fraction of sp³-hybridized carbons (Fsp3) is 0.240. The lowest BCUT2D eigenvalue weighted by atomic mass is 9.98. The van der Waals surface area contributed by atoms with Crippen LogP contribution in [0.4, 0.5) is 0 Å². The third-order valence-electron chi connectivity index (χ3n) is 5.08. The molecule has 0 unspecified atom stereocenters. The van der Waals surface area contributed by atoms with Crippen LogP contribution in [0.1, 0.15) is 52.8 Å². The first kappa shape index (κ1) is 21.5. The minimum atomic E-state index is -1.50. The molecule has 0 saturated heterocycles. The van der Waals surface area contributed by atoms with Crippen LogP contribution in [-0.2, 0) is 0 Å². The molecule has 0 radical (unpaired) electrons. The minimum Gasteiger partial charge on any atom is -0.300 e. The summed E-state index contributed by atoms with van der Waals surface area (Å²) >= 11 is 3.69. The van der Waals surface area contributed by atoms with E-state index in [4.69, 9.17) is 4.99 Å². The molecule has 1 aliphatic heterocycles. The van der Waals surface area contributed by atoms with E-state index in [9.17, 15) is 4.79 Å². The molecule has 0 aliphatic carbocycles. The number of ketones is 1. The van der Waals surface area contributed by atoms with E-state index in [-0.39, 0.29) is 11.8 Å². The van der Waals surface area contributed by atoms with Crippen molar-refractivity contribution in [3.63, 3.8) is 0 Å². The Labute approximate surface area is 192 Å². The number of fused-ring (bicyclic) bond motifs is 3. The van der Waals surface area contributed by atoms with Crippen LogP contribution in [0.15, 0.2) is 58.3 Å². The highest BCUT2D eigenvalue weighted by atomic mass is 79.9. The Kier molecular flexibility index (Phi) is 5.59. The van der Waals surface area contributed by atoms with Gasteiger partial charge in [-0.3, -0.25) is 14.4 Å². The molecule has 4 nitrogen and oxygen atoms in total. The zero-order valence-electron chi connectivity index (χ0n) is 18.3. The average molecular weight is 490 g/mol. The monoisotopic (exact) mass is 489 g/mol. The maximum absolute atomic E-state index is 12.2.